The fourth-order valence-corrected chi connectivity index (χ4v) is 3.02. The minimum absolute atomic E-state index is 0.00737. The molecule has 0 unspecified atom stereocenters. The lowest BCUT2D eigenvalue weighted by molar-refractivity contribution is -0.119. The van der Waals surface area contributed by atoms with E-state index < -0.39 is 18.5 Å². The molecule has 1 saturated heterocycles. The third-order valence-corrected chi connectivity index (χ3v) is 4.53. The standard InChI is InChI=1S/C19H19BrN2O5/c20-13-1-6-17(23)16(11-13)19(25)27-12-18(24)21-14-2-4-15(5-3-14)22-7-9-26-10-8-22/h1-6,11,23H,7-10,12H2,(H,21,24). The van der Waals surface area contributed by atoms with Crippen molar-refractivity contribution in [2.45, 2.75) is 0 Å². The molecular formula is C19H19BrN2O5. The molecular weight excluding hydrogens is 416 g/mol. The highest BCUT2D eigenvalue weighted by Gasteiger charge is 2.15. The first-order chi connectivity index (χ1) is 13.0. The molecule has 2 aromatic rings. The van der Waals surface area contributed by atoms with E-state index in [1.54, 1.807) is 18.2 Å². The van der Waals surface area contributed by atoms with Crippen molar-refractivity contribution in [1.82, 2.24) is 0 Å². The summed E-state index contributed by atoms with van der Waals surface area (Å²) in [5.41, 5.74) is 1.67. The van der Waals surface area contributed by atoms with Gasteiger partial charge < -0.3 is 24.8 Å². The van der Waals surface area contributed by atoms with E-state index in [-0.39, 0.29) is 11.3 Å². The smallest absolute Gasteiger partial charge is 0.342 e. The maximum absolute atomic E-state index is 12.0. The predicted molar refractivity (Wildman–Crippen MR) is 104 cm³/mol. The van der Waals surface area contributed by atoms with E-state index >= 15 is 0 Å². The second kappa shape index (κ2) is 8.88. The molecule has 0 saturated carbocycles. The minimum Gasteiger partial charge on any atom is -0.507 e. The fourth-order valence-electron chi connectivity index (χ4n) is 2.65. The molecule has 1 aliphatic rings. The number of esters is 1. The first-order valence-corrected chi connectivity index (χ1v) is 9.20. The third-order valence-electron chi connectivity index (χ3n) is 4.04. The maximum atomic E-state index is 12.0. The molecule has 3 rings (SSSR count). The van der Waals surface area contributed by atoms with Gasteiger partial charge in [-0.1, -0.05) is 15.9 Å². The number of benzene rings is 2. The Balaban J connectivity index is 1.51. The summed E-state index contributed by atoms with van der Waals surface area (Å²) in [6, 6.07) is 11.8. The number of ether oxygens (including phenoxy) is 2. The van der Waals surface area contributed by atoms with Gasteiger partial charge in [0, 0.05) is 28.9 Å². The molecule has 8 heteroatoms. The Kier molecular flexibility index (Phi) is 6.31. The highest BCUT2D eigenvalue weighted by atomic mass is 79.9. The number of anilines is 2. The topological polar surface area (TPSA) is 88.1 Å². The number of hydrogen-bond donors (Lipinski definition) is 2. The Morgan fingerprint density at radius 2 is 1.85 bits per heavy atom. The van der Waals surface area contributed by atoms with Gasteiger partial charge in [0.1, 0.15) is 11.3 Å². The minimum atomic E-state index is -0.772. The molecule has 0 aromatic heterocycles. The summed E-state index contributed by atoms with van der Waals surface area (Å²) in [5.74, 6) is -1.44. The second-order valence-electron chi connectivity index (χ2n) is 5.93. The number of rotatable bonds is 5. The largest absolute Gasteiger partial charge is 0.507 e. The molecule has 0 radical (unpaired) electrons. The van der Waals surface area contributed by atoms with Crippen LogP contribution in [0.2, 0.25) is 0 Å². The van der Waals surface area contributed by atoms with Crippen LogP contribution in [-0.2, 0) is 14.3 Å². The van der Waals surface area contributed by atoms with E-state index in [1.165, 1.54) is 12.1 Å². The molecule has 2 aromatic carbocycles. The Hall–Kier alpha value is -2.58. The molecule has 7 nitrogen and oxygen atoms in total. The molecule has 0 atom stereocenters. The van der Waals surface area contributed by atoms with Gasteiger partial charge in [0.05, 0.1) is 13.2 Å². The Bertz CT molecular complexity index is 819. The predicted octanol–water partition coefficient (Wildman–Crippen LogP) is 2.79. The van der Waals surface area contributed by atoms with Gasteiger partial charge in [-0.3, -0.25) is 4.79 Å². The van der Waals surface area contributed by atoms with E-state index in [0.717, 1.165) is 18.8 Å². The molecule has 0 bridgehead atoms. The van der Waals surface area contributed by atoms with Gasteiger partial charge in [0.2, 0.25) is 0 Å². The molecule has 1 heterocycles. The molecule has 1 amide bonds. The van der Waals surface area contributed by atoms with E-state index in [0.29, 0.717) is 23.4 Å². The summed E-state index contributed by atoms with van der Waals surface area (Å²) in [6.45, 7) is 2.64. The van der Waals surface area contributed by atoms with E-state index in [1.807, 2.05) is 12.1 Å². The summed E-state index contributed by atoms with van der Waals surface area (Å²) in [6.07, 6.45) is 0. The van der Waals surface area contributed by atoms with Crippen LogP contribution in [0.1, 0.15) is 10.4 Å². The van der Waals surface area contributed by atoms with Crippen LogP contribution in [0.25, 0.3) is 0 Å². The molecule has 27 heavy (non-hydrogen) atoms. The molecule has 1 aliphatic heterocycles. The molecule has 2 N–H and O–H groups in total. The number of hydrogen-bond acceptors (Lipinski definition) is 6. The Labute approximate surface area is 165 Å². The highest BCUT2D eigenvalue weighted by molar-refractivity contribution is 9.10. The zero-order chi connectivity index (χ0) is 19.2. The maximum Gasteiger partial charge on any atom is 0.342 e. The van der Waals surface area contributed by atoms with Crippen LogP contribution in [0.4, 0.5) is 11.4 Å². The van der Waals surface area contributed by atoms with Crippen LogP contribution in [0.3, 0.4) is 0 Å². The normalized spacial score (nSPS) is 13.9. The van der Waals surface area contributed by atoms with Crippen LogP contribution in [0.15, 0.2) is 46.9 Å². The summed E-state index contributed by atoms with van der Waals surface area (Å²) in [5, 5.41) is 12.4. The summed E-state index contributed by atoms with van der Waals surface area (Å²) < 4.78 is 10.9. The number of carbonyl (C=O) groups excluding carboxylic acids is 2. The lowest BCUT2D eigenvalue weighted by atomic mass is 10.2. The van der Waals surface area contributed by atoms with Crippen molar-refractivity contribution < 1.29 is 24.2 Å². The molecule has 142 valence electrons. The van der Waals surface area contributed by atoms with Crippen molar-refractivity contribution in [2.75, 3.05) is 43.1 Å². The number of phenols is 1. The fraction of sp³-hybridized carbons (Fsp3) is 0.263. The SMILES string of the molecule is O=C(COC(=O)c1cc(Br)ccc1O)Nc1ccc(N2CCOCC2)cc1. The van der Waals surface area contributed by atoms with Crippen molar-refractivity contribution in [3.8, 4) is 5.75 Å². The van der Waals surface area contributed by atoms with E-state index in [2.05, 4.69) is 26.1 Å². The van der Waals surface area contributed by atoms with E-state index in [9.17, 15) is 14.7 Å². The second-order valence-corrected chi connectivity index (χ2v) is 6.85. The first-order valence-electron chi connectivity index (χ1n) is 8.41. The van der Waals surface area contributed by atoms with Gasteiger partial charge in [0.15, 0.2) is 6.61 Å². The monoisotopic (exact) mass is 434 g/mol. The van der Waals surface area contributed by atoms with Crippen molar-refractivity contribution in [2.24, 2.45) is 0 Å². The number of nitrogens with zero attached hydrogens (tertiary/aromatic N) is 1. The van der Waals surface area contributed by atoms with Gasteiger partial charge >= 0.3 is 5.97 Å². The Morgan fingerprint density at radius 1 is 1.15 bits per heavy atom. The van der Waals surface area contributed by atoms with Crippen molar-refractivity contribution in [1.29, 1.82) is 0 Å². The summed E-state index contributed by atoms with van der Waals surface area (Å²) in [7, 11) is 0. The highest BCUT2D eigenvalue weighted by Crippen LogP contribution is 2.23. The molecule has 0 spiro atoms. The Morgan fingerprint density at radius 3 is 2.56 bits per heavy atom. The van der Waals surface area contributed by atoms with Crippen LogP contribution >= 0.6 is 15.9 Å². The van der Waals surface area contributed by atoms with Crippen LogP contribution < -0.4 is 10.2 Å². The van der Waals surface area contributed by atoms with Crippen molar-refractivity contribution >= 4 is 39.2 Å². The van der Waals surface area contributed by atoms with Crippen molar-refractivity contribution in [3.05, 3.63) is 52.5 Å². The van der Waals surface area contributed by atoms with E-state index in [4.69, 9.17) is 9.47 Å². The number of amides is 1. The van der Waals surface area contributed by atoms with Gasteiger partial charge in [-0.25, -0.2) is 4.79 Å². The zero-order valence-corrected chi connectivity index (χ0v) is 16.1. The molecule has 0 aliphatic carbocycles. The summed E-state index contributed by atoms with van der Waals surface area (Å²) in [4.78, 5) is 26.2. The first kappa shape index (κ1) is 19.2. The average Bonchev–Trinajstić information content (AvgIpc) is 2.69. The third kappa shape index (κ3) is 5.21. The van der Waals surface area contributed by atoms with Crippen molar-refractivity contribution in [3.63, 3.8) is 0 Å². The average molecular weight is 435 g/mol. The number of carbonyl (C=O) groups is 2. The van der Waals surface area contributed by atoms with Crippen LogP contribution in [0.5, 0.6) is 5.75 Å². The van der Waals surface area contributed by atoms with Gasteiger partial charge in [-0.15, -0.1) is 0 Å². The zero-order valence-electron chi connectivity index (χ0n) is 14.5. The van der Waals surface area contributed by atoms with Crippen LogP contribution in [-0.4, -0.2) is 49.9 Å². The van der Waals surface area contributed by atoms with Gasteiger partial charge in [-0.05, 0) is 42.5 Å². The lowest BCUT2D eigenvalue weighted by Gasteiger charge is -2.28. The summed E-state index contributed by atoms with van der Waals surface area (Å²) >= 11 is 3.21. The molecule has 1 fully saturated rings. The van der Waals surface area contributed by atoms with Gasteiger partial charge in [-0.2, -0.15) is 0 Å². The number of aromatic hydroxyl groups is 1. The lowest BCUT2D eigenvalue weighted by Crippen LogP contribution is -2.36. The van der Waals surface area contributed by atoms with Gasteiger partial charge in [0.25, 0.3) is 5.91 Å². The number of halogens is 1. The van der Waals surface area contributed by atoms with Crippen LogP contribution in [0, 0.1) is 0 Å². The number of nitrogens with one attached hydrogen (secondary N) is 1. The quantitative estimate of drug-likeness (QED) is 0.703. The number of phenolic OH excluding ortho intramolecular Hbond substituents is 1. The number of morpholine rings is 1.